The van der Waals surface area contributed by atoms with E-state index in [2.05, 4.69) is 0 Å². The Labute approximate surface area is 232 Å². The SMILES string of the molecule is CCC(O)(Cl)Oc1cccc(C(c2cccc(OC(O)(Cl)CC)c2)c2cccc(OC(O)(Cl)CC)c2)c1. The highest BCUT2D eigenvalue weighted by Gasteiger charge is 2.27. The summed E-state index contributed by atoms with van der Waals surface area (Å²) >= 11 is 18.1. The molecule has 3 aromatic rings. The van der Waals surface area contributed by atoms with Crippen molar-refractivity contribution in [2.75, 3.05) is 0 Å². The van der Waals surface area contributed by atoms with Crippen LogP contribution in [0.3, 0.4) is 0 Å². The largest absolute Gasteiger partial charge is 0.449 e. The van der Waals surface area contributed by atoms with Crippen LogP contribution in [-0.4, -0.2) is 31.1 Å². The van der Waals surface area contributed by atoms with Gasteiger partial charge in [0.25, 0.3) is 15.7 Å². The van der Waals surface area contributed by atoms with E-state index in [9.17, 15) is 15.3 Å². The molecule has 0 aliphatic heterocycles. The van der Waals surface area contributed by atoms with Gasteiger partial charge in [-0.1, -0.05) is 57.2 Å². The quantitative estimate of drug-likeness (QED) is 0.125. The van der Waals surface area contributed by atoms with Gasteiger partial charge in [0.2, 0.25) is 0 Å². The van der Waals surface area contributed by atoms with Crippen LogP contribution in [-0.2, 0) is 0 Å². The third-order valence-corrected chi connectivity index (χ3v) is 6.74. The van der Waals surface area contributed by atoms with Gasteiger partial charge in [0.1, 0.15) is 17.2 Å². The van der Waals surface area contributed by atoms with Crippen LogP contribution in [0.15, 0.2) is 72.8 Å². The molecular formula is C28H31Cl3O6. The van der Waals surface area contributed by atoms with Gasteiger partial charge in [0.15, 0.2) is 0 Å². The first kappa shape index (κ1) is 29.4. The summed E-state index contributed by atoms with van der Waals surface area (Å²) in [4.78, 5) is 0. The summed E-state index contributed by atoms with van der Waals surface area (Å²) < 4.78 is 16.8. The van der Waals surface area contributed by atoms with Crippen molar-refractivity contribution < 1.29 is 29.5 Å². The minimum atomic E-state index is -1.84. The number of ether oxygens (including phenoxy) is 3. The monoisotopic (exact) mass is 568 g/mol. The first-order chi connectivity index (χ1) is 17.4. The molecule has 0 amide bonds. The smallest absolute Gasteiger partial charge is 0.287 e. The lowest BCUT2D eigenvalue weighted by atomic mass is 9.85. The zero-order chi connectivity index (χ0) is 27.3. The first-order valence-electron chi connectivity index (χ1n) is 12.0. The van der Waals surface area contributed by atoms with Gasteiger partial charge in [-0.2, -0.15) is 0 Å². The Morgan fingerprint density at radius 3 is 1.08 bits per heavy atom. The van der Waals surface area contributed by atoms with Gasteiger partial charge in [0, 0.05) is 25.2 Å². The number of hydrogen-bond donors (Lipinski definition) is 3. The van der Waals surface area contributed by atoms with Gasteiger partial charge in [-0.05, 0) is 87.9 Å². The molecule has 9 heteroatoms. The summed E-state index contributed by atoms with van der Waals surface area (Å²) in [6, 6.07) is 21.6. The third kappa shape index (κ3) is 8.40. The second-order valence-electron chi connectivity index (χ2n) is 8.58. The maximum atomic E-state index is 10.2. The second kappa shape index (κ2) is 12.1. The molecule has 3 N–H and O–H groups in total. The number of hydrogen-bond acceptors (Lipinski definition) is 6. The fraction of sp³-hybridized carbons (Fsp3) is 0.357. The summed E-state index contributed by atoms with van der Waals surface area (Å²) in [6.45, 7) is 5.12. The third-order valence-electron chi connectivity index (χ3n) is 5.71. The zero-order valence-electron chi connectivity index (χ0n) is 20.8. The lowest BCUT2D eigenvalue weighted by Crippen LogP contribution is -2.27. The average Bonchev–Trinajstić information content (AvgIpc) is 2.84. The van der Waals surface area contributed by atoms with Crippen LogP contribution in [0.25, 0.3) is 0 Å². The minimum absolute atomic E-state index is 0.179. The summed E-state index contributed by atoms with van der Waals surface area (Å²) in [6.07, 6.45) is 0.537. The Morgan fingerprint density at radius 2 is 0.838 bits per heavy atom. The number of benzene rings is 3. The number of aliphatic hydroxyl groups is 3. The normalized spacial score (nSPS) is 17.1. The van der Waals surface area contributed by atoms with E-state index in [1.54, 1.807) is 75.4 Å². The highest BCUT2D eigenvalue weighted by atomic mass is 35.5. The maximum absolute atomic E-state index is 10.2. The minimum Gasteiger partial charge on any atom is -0.449 e. The van der Waals surface area contributed by atoms with Crippen molar-refractivity contribution in [3.8, 4) is 17.2 Å². The van der Waals surface area contributed by atoms with Crippen molar-refractivity contribution in [2.24, 2.45) is 0 Å². The highest BCUT2D eigenvalue weighted by molar-refractivity contribution is 6.22. The Balaban J connectivity index is 2.11. The molecule has 0 saturated heterocycles. The van der Waals surface area contributed by atoms with Crippen LogP contribution in [0.5, 0.6) is 17.2 Å². The van der Waals surface area contributed by atoms with E-state index < -0.39 is 15.7 Å². The molecule has 37 heavy (non-hydrogen) atoms. The zero-order valence-corrected chi connectivity index (χ0v) is 23.1. The summed E-state index contributed by atoms with van der Waals surface area (Å²) in [5, 5.41) is 25.1. The topological polar surface area (TPSA) is 88.4 Å². The molecule has 200 valence electrons. The molecule has 3 rings (SSSR count). The van der Waals surface area contributed by atoms with Gasteiger partial charge in [-0.3, -0.25) is 0 Å². The molecule has 0 spiro atoms. The molecule has 3 atom stereocenters. The van der Waals surface area contributed by atoms with Gasteiger partial charge in [-0.15, -0.1) is 0 Å². The van der Waals surface area contributed by atoms with Crippen LogP contribution >= 0.6 is 34.8 Å². The molecule has 0 fully saturated rings. The maximum Gasteiger partial charge on any atom is 0.287 e. The van der Waals surface area contributed by atoms with Crippen molar-refractivity contribution in [3.05, 3.63) is 89.5 Å². The van der Waals surface area contributed by atoms with E-state index >= 15 is 0 Å². The molecule has 0 radical (unpaired) electrons. The van der Waals surface area contributed by atoms with Crippen LogP contribution in [0.4, 0.5) is 0 Å². The molecule has 3 aromatic carbocycles. The predicted molar refractivity (Wildman–Crippen MR) is 145 cm³/mol. The molecule has 0 aromatic heterocycles. The Bertz CT molecular complexity index is 1040. The Morgan fingerprint density at radius 1 is 0.568 bits per heavy atom. The van der Waals surface area contributed by atoms with E-state index in [0.717, 1.165) is 16.7 Å². The summed E-state index contributed by atoms with van der Waals surface area (Å²) in [5.41, 5.74) is 2.43. The standard InChI is InChI=1S/C28H31Cl3O6/c1-4-26(29,32)35-22-13-7-10-19(16-22)25(20-11-8-14-23(17-20)36-27(30,33)5-2)21-12-9-15-24(18-21)37-28(31,34)6-3/h7-18,25,32-34H,4-6H2,1-3H3. The van der Waals surface area contributed by atoms with Crippen molar-refractivity contribution in [2.45, 2.75) is 61.7 Å². The summed E-state index contributed by atoms with van der Waals surface area (Å²) in [5.74, 6) is 0.757. The van der Waals surface area contributed by atoms with E-state index in [1.807, 2.05) is 18.2 Å². The molecule has 0 bridgehead atoms. The predicted octanol–water partition coefficient (Wildman–Crippen LogP) is 6.89. The van der Waals surface area contributed by atoms with Gasteiger partial charge in [-0.25, -0.2) is 0 Å². The van der Waals surface area contributed by atoms with E-state index in [0.29, 0.717) is 17.2 Å². The van der Waals surface area contributed by atoms with Crippen molar-refractivity contribution in [1.82, 2.24) is 0 Å². The fourth-order valence-electron chi connectivity index (χ4n) is 3.61. The Kier molecular flexibility index (Phi) is 9.62. The number of halogens is 3. The van der Waals surface area contributed by atoms with Crippen molar-refractivity contribution >= 4 is 34.8 Å². The molecule has 0 aliphatic carbocycles. The fourth-order valence-corrected chi connectivity index (χ4v) is 3.88. The average molecular weight is 570 g/mol. The molecule has 6 nitrogen and oxygen atoms in total. The Hall–Kier alpha value is -2.19. The molecule has 0 aliphatic rings. The lowest BCUT2D eigenvalue weighted by molar-refractivity contribution is -0.0635. The van der Waals surface area contributed by atoms with Crippen LogP contribution in [0.2, 0.25) is 0 Å². The van der Waals surface area contributed by atoms with Gasteiger partial charge < -0.3 is 29.5 Å². The van der Waals surface area contributed by atoms with Crippen molar-refractivity contribution in [3.63, 3.8) is 0 Å². The molecule has 3 unspecified atom stereocenters. The van der Waals surface area contributed by atoms with Crippen LogP contribution in [0.1, 0.15) is 62.6 Å². The first-order valence-corrected chi connectivity index (χ1v) is 13.1. The van der Waals surface area contributed by atoms with Crippen LogP contribution in [0, 0.1) is 0 Å². The van der Waals surface area contributed by atoms with Gasteiger partial charge in [0.05, 0.1) is 0 Å². The lowest BCUT2D eigenvalue weighted by Gasteiger charge is -2.25. The van der Waals surface area contributed by atoms with Crippen molar-refractivity contribution in [1.29, 1.82) is 0 Å². The number of rotatable bonds is 12. The van der Waals surface area contributed by atoms with E-state index in [1.165, 1.54) is 0 Å². The number of alkyl halides is 3. The summed E-state index contributed by atoms with van der Waals surface area (Å²) in [7, 11) is 0. The highest BCUT2D eigenvalue weighted by Crippen LogP contribution is 2.38. The van der Waals surface area contributed by atoms with E-state index in [4.69, 9.17) is 49.0 Å². The van der Waals surface area contributed by atoms with Gasteiger partial charge >= 0.3 is 0 Å². The molecular weight excluding hydrogens is 539 g/mol. The van der Waals surface area contributed by atoms with Crippen LogP contribution < -0.4 is 14.2 Å². The molecule has 0 saturated carbocycles. The molecule has 0 heterocycles. The van der Waals surface area contributed by atoms with E-state index in [-0.39, 0.29) is 25.2 Å². The second-order valence-corrected chi connectivity index (χ2v) is 10.4.